The van der Waals surface area contributed by atoms with E-state index in [2.05, 4.69) is 32.9 Å². The van der Waals surface area contributed by atoms with E-state index < -0.39 is 6.10 Å². The molecule has 0 aliphatic heterocycles. The van der Waals surface area contributed by atoms with Gasteiger partial charge in [0.05, 0.1) is 6.10 Å². The number of aliphatic hydroxyl groups excluding tert-OH is 1. The largest absolute Gasteiger partial charge is 0.388 e. The van der Waals surface area contributed by atoms with E-state index >= 15 is 0 Å². The second-order valence-electron chi connectivity index (χ2n) is 4.62. The van der Waals surface area contributed by atoms with E-state index in [1.54, 1.807) is 6.33 Å². The second-order valence-corrected chi connectivity index (χ2v) is 5.54. The summed E-state index contributed by atoms with van der Waals surface area (Å²) in [4.78, 5) is 4.23. The van der Waals surface area contributed by atoms with Crippen molar-refractivity contribution in [3.05, 3.63) is 46.0 Å². The predicted molar refractivity (Wildman–Crippen MR) is 77.9 cm³/mol. The van der Waals surface area contributed by atoms with Gasteiger partial charge in [-0.3, -0.25) is 4.68 Å². The molecular weight excluding hydrogens is 306 g/mol. The highest BCUT2D eigenvalue weighted by atomic mass is 79.9. The zero-order valence-corrected chi connectivity index (χ0v) is 12.8. The second kappa shape index (κ2) is 6.30. The normalized spacial score (nSPS) is 12.6. The van der Waals surface area contributed by atoms with Gasteiger partial charge in [0.25, 0.3) is 0 Å². The SMILES string of the molecule is CCCn1ncnc1CC(O)c1cc(Br)ccc1C. The van der Waals surface area contributed by atoms with Gasteiger partial charge in [-0.15, -0.1) is 0 Å². The van der Waals surface area contributed by atoms with Crippen LogP contribution in [-0.4, -0.2) is 19.9 Å². The number of halogens is 1. The van der Waals surface area contributed by atoms with Crippen molar-refractivity contribution in [1.82, 2.24) is 14.8 Å². The summed E-state index contributed by atoms with van der Waals surface area (Å²) in [5.41, 5.74) is 2.01. The Morgan fingerprint density at radius 2 is 2.21 bits per heavy atom. The topological polar surface area (TPSA) is 50.9 Å². The zero-order valence-electron chi connectivity index (χ0n) is 11.2. The maximum absolute atomic E-state index is 10.4. The molecule has 0 spiro atoms. The number of aryl methyl sites for hydroxylation is 2. The quantitative estimate of drug-likeness (QED) is 0.920. The molecule has 1 N–H and O–H groups in total. The Labute approximate surface area is 121 Å². The van der Waals surface area contributed by atoms with Crippen LogP contribution in [0.5, 0.6) is 0 Å². The van der Waals surface area contributed by atoms with Gasteiger partial charge in [-0.25, -0.2) is 4.98 Å². The molecule has 1 heterocycles. The van der Waals surface area contributed by atoms with Gasteiger partial charge >= 0.3 is 0 Å². The first-order chi connectivity index (χ1) is 9.11. The molecule has 19 heavy (non-hydrogen) atoms. The van der Waals surface area contributed by atoms with Crippen molar-refractivity contribution in [2.75, 3.05) is 0 Å². The highest BCUT2D eigenvalue weighted by Crippen LogP contribution is 2.24. The van der Waals surface area contributed by atoms with Gasteiger partial charge in [-0.05, 0) is 36.6 Å². The van der Waals surface area contributed by atoms with Crippen molar-refractivity contribution in [3.63, 3.8) is 0 Å². The summed E-state index contributed by atoms with van der Waals surface area (Å²) in [6, 6.07) is 5.94. The third kappa shape index (κ3) is 3.42. The van der Waals surface area contributed by atoms with Crippen molar-refractivity contribution < 1.29 is 5.11 Å². The fourth-order valence-electron chi connectivity index (χ4n) is 2.10. The first-order valence-electron chi connectivity index (χ1n) is 6.42. The van der Waals surface area contributed by atoms with Gasteiger partial charge < -0.3 is 5.11 Å². The summed E-state index contributed by atoms with van der Waals surface area (Å²) in [7, 11) is 0. The Morgan fingerprint density at radius 3 is 2.95 bits per heavy atom. The van der Waals surface area contributed by atoms with Crippen molar-refractivity contribution in [1.29, 1.82) is 0 Å². The Morgan fingerprint density at radius 1 is 1.42 bits per heavy atom. The number of hydrogen-bond donors (Lipinski definition) is 1. The van der Waals surface area contributed by atoms with Crippen LogP contribution in [0.25, 0.3) is 0 Å². The maximum atomic E-state index is 10.4. The smallest absolute Gasteiger partial charge is 0.138 e. The third-order valence-electron chi connectivity index (χ3n) is 3.11. The molecule has 0 radical (unpaired) electrons. The van der Waals surface area contributed by atoms with Gasteiger partial charge in [0.15, 0.2) is 0 Å². The van der Waals surface area contributed by atoms with E-state index in [9.17, 15) is 5.11 Å². The van der Waals surface area contributed by atoms with Gasteiger partial charge in [-0.2, -0.15) is 5.10 Å². The fourth-order valence-corrected chi connectivity index (χ4v) is 2.48. The molecule has 2 rings (SSSR count). The molecule has 0 aliphatic carbocycles. The number of rotatable bonds is 5. The summed E-state index contributed by atoms with van der Waals surface area (Å²) in [5, 5.41) is 14.6. The molecule has 4 nitrogen and oxygen atoms in total. The summed E-state index contributed by atoms with van der Waals surface area (Å²) in [6.45, 7) is 4.93. The maximum Gasteiger partial charge on any atom is 0.138 e. The average molecular weight is 324 g/mol. The van der Waals surface area contributed by atoms with E-state index in [0.29, 0.717) is 6.42 Å². The van der Waals surface area contributed by atoms with E-state index in [-0.39, 0.29) is 0 Å². The van der Waals surface area contributed by atoms with Crippen LogP contribution in [0.1, 0.15) is 36.4 Å². The Bertz CT molecular complexity index is 553. The fraction of sp³-hybridized carbons (Fsp3) is 0.429. The summed E-state index contributed by atoms with van der Waals surface area (Å²) in [5.74, 6) is 0.828. The molecule has 0 amide bonds. The molecule has 2 aromatic rings. The number of aliphatic hydroxyl groups is 1. The molecule has 1 aromatic carbocycles. The van der Waals surface area contributed by atoms with Gasteiger partial charge in [0, 0.05) is 17.4 Å². The Kier molecular flexibility index (Phi) is 4.71. The average Bonchev–Trinajstić information content (AvgIpc) is 2.80. The van der Waals surface area contributed by atoms with E-state index in [4.69, 9.17) is 0 Å². The standard InChI is InChI=1S/C14H18BrN3O/c1-3-6-18-14(16-9-17-18)8-13(19)12-7-11(15)5-4-10(12)2/h4-5,7,9,13,19H,3,6,8H2,1-2H3. The van der Waals surface area contributed by atoms with Gasteiger partial charge in [0.1, 0.15) is 12.2 Å². The van der Waals surface area contributed by atoms with Crippen molar-refractivity contribution in [3.8, 4) is 0 Å². The lowest BCUT2D eigenvalue weighted by atomic mass is 10.0. The molecule has 1 unspecified atom stereocenters. The lowest BCUT2D eigenvalue weighted by Gasteiger charge is -2.14. The molecule has 0 fully saturated rings. The van der Waals surface area contributed by atoms with Crippen LogP contribution in [-0.2, 0) is 13.0 Å². The highest BCUT2D eigenvalue weighted by Gasteiger charge is 2.15. The summed E-state index contributed by atoms with van der Waals surface area (Å²) in [6.07, 6.45) is 2.47. The van der Waals surface area contributed by atoms with E-state index in [1.807, 2.05) is 29.8 Å². The van der Waals surface area contributed by atoms with Crippen LogP contribution < -0.4 is 0 Å². The molecule has 0 saturated heterocycles. The van der Waals surface area contributed by atoms with E-state index in [0.717, 1.165) is 34.4 Å². The van der Waals surface area contributed by atoms with Crippen LogP contribution >= 0.6 is 15.9 Å². The Hall–Kier alpha value is -1.20. The van der Waals surface area contributed by atoms with Gasteiger partial charge in [-0.1, -0.05) is 28.9 Å². The molecule has 5 heteroatoms. The molecule has 0 aliphatic rings. The number of benzene rings is 1. The predicted octanol–water partition coefficient (Wildman–Crippen LogP) is 3.04. The molecular formula is C14H18BrN3O. The minimum atomic E-state index is -0.558. The van der Waals surface area contributed by atoms with Crippen LogP contribution in [0, 0.1) is 6.92 Å². The third-order valence-corrected chi connectivity index (χ3v) is 3.60. The van der Waals surface area contributed by atoms with Crippen LogP contribution in [0.15, 0.2) is 29.0 Å². The van der Waals surface area contributed by atoms with Crippen molar-refractivity contribution in [2.45, 2.75) is 39.3 Å². The first kappa shape index (κ1) is 14.2. The lowest BCUT2D eigenvalue weighted by Crippen LogP contribution is -2.11. The minimum Gasteiger partial charge on any atom is -0.388 e. The number of nitrogens with zero attached hydrogens (tertiary/aromatic N) is 3. The molecule has 1 aromatic heterocycles. The van der Waals surface area contributed by atoms with Crippen LogP contribution in [0.4, 0.5) is 0 Å². The minimum absolute atomic E-state index is 0.483. The molecule has 0 saturated carbocycles. The Balaban J connectivity index is 2.18. The highest BCUT2D eigenvalue weighted by molar-refractivity contribution is 9.10. The summed E-state index contributed by atoms with van der Waals surface area (Å²) < 4.78 is 2.83. The van der Waals surface area contributed by atoms with Crippen molar-refractivity contribution >= 4 is 15.9 Å². The summed E-state index contributed by atoms with van der Waals surface area (Å²) >= 11 is 3.44. The van der Waals surface area contributed by atoms with Gasteiger partial charge in [0.2, 0.25) is 0 Å². The van der Waals surface area contributed by atoms with Crippen LogP contribution in [0.3, 0.4) is 0 Å². The number of hydrogen-bond acceptors (Lipinski definition) is 3. The molecule has 102 valence electrons. The monoisotopic (exact) mass is 323 g/mol. The first-order valence-corrected chi connectivity index (χ1v) is 7.22. The zero-order chi connectivity index (χ0) is 13.8. The lowest BCUT2D eigenvalue weighted by molar-refractivity contribution is 0.173. The van der Waals surface area contributed by atoms with Crippen LogP contribution in [0.2, 0.25) is 0 Å². The molecule has 1 atom stereocenters. The molecule has 0 bridgehead atoms. The number of aromatic nitrogens is 3. The van der Waals surface area contributed by atoms with Crippen molar-refractivity contribution in [2.24, 2.45) is 0 Å². The van der Waals surface area contributed by atoms with E-state index in [1.165, 1.54) is 0 Å².